The highest BCUT2D eigenvalue weighted by atomic mass is 79.9. The molecule has 0 spiro atoms. The van der Waals surface area contributed by atoms with Gasteiger partial charge in [0.1, 0.15) is 0 Å². The Labute approximate surface area is 122 Å². The number of allylic oxidation sites excluding steroid dienone is 1. The van der Waals surface area contributed by atoms with Gasteiger partial charge in [0.05, 0.1) is 11.4 Å². The van der Waals surface area contributed by atoms with Gasteiger partial charge >= 0.3 is 0 Å². The van der Waals surface area contributed by atoms with Crippen LogP contribution in [-0.2, 0) is 0 Å². The van der Waals surface area contributed by atoms with Crippen molar-refractivity contribution in [3.63, 3.8) is 0 Å². The summed E-state index contributed by atoms with van der Waals surface area (Å²) in [5.74, 6) is 0. The number of anilines is 1. The molecule has 0 saturated heterocycles. The van der Waals surface area contributed by atoms with Crippen molar-refractivity contribution < 1.29 is 0 Å². The predicted octanol–water partition coefficient (Wildman–Crippen LogP) is 4.95. The molecule has 2 rings (SSSR count). The van der Waals surface area contributed by atoms with E-state index < -0.39 is 0 Å². The number of para-hydroxylation sites is 1. The van der Waals surface area contributed by atoms with Crippen molar-refractivity contribution in [2.75, 3.05) is 5.43 Å². The van der Waals surface area contributed by atoms with Crippen LogP contribution in [0.4, 0.5) is 5.69 Å². The summed E-state index contributed by atoms with van der Waals surface area (Å²) in [4.78, 5) is 0. The molecular weight excluding hydrogens is 300 g/mol. The lowest BCUT2D eigenvalue weighted by Crippen LogP contribution is -1.93. The molecule has 19 heavy (non-hydrogen) atoms. The molecule has 0 bridgehead atoms. The molecule has 0 aliphatic rings. The van der Waals surface area contributed by atoms with Crippen LogP contribution in [0, 0.1) is 0 Å². The van der Waals surface area contributed by atoms with E-state index in [1.54, 1.807) is 0 Å². The number of hydrogen-bond donors (Lipinski definition) is 1. The van der Waals surface area contributed by atoms with Crippen molar-refractivity contribution >= 4 is 33.4 Å². The van der Waals surface area contributed by atoms with Crippen LogP contribution in [0.3, 0.4) is 0 Å². The van der Waals surface area contributed by atoms with Gasteiger partial charge in [-0.15, -0.1) is 0 Å². The Kier molecular flexibility index (Phi) is 4.93. The molecule has 0 aliphatic carbocycles. The lowest BCUT2D eigenvalue weighted by atomic mass is 10.2. The van der Waals surface area contributed by atoms with Crippen molar-refractivity contribution in [1.29, 1.82) is 0 Å². The average Bonchev–Trinajstić information content (AvgIpc) is 2.45. The van der Waals surface area contributed by atoms with Crippen LogP contribution < -0.4 is 5.43 Å². The maximum Gasteiger partial charge on any atom is 0.0576 e. The second kappa shape index (κ2) is 6.90. The Morgan fingerprint density at radius 1 is 1.05 bits per heavy atom. The fourth-order valence-corrected chi connectivity index (χ4v) is 1.76. The Balaban J connectivity index is 1.96. The van der Waals surface area contributed by atoms with Crippen molar-refractivity contribution in [2.45, 2.75) is 6.92 Å². The minimum absolute atomic E-state index is 0.923. The van der Waals surface area contributed by atoms with E-state index in [1.165, 1.54) is 0 Å². The third kappa shape index (κ3) is 4.72. The number of rotatable bonds is 4. The molecule has 0 aromatic heterocycles. The van der Waals surface area contributed by atoms with E-state index in [9.17, 15) is 0 Å². The van der Waals surface area contributed by atoms with Gasteiger partial charge in [-0.25, -0.2) is 0 Å². The largest absolute Gasteiger partial charge is 0.278 e. The summed E-state index contributed by atoms with van der Waals surface area (Å²) in [6.07, 6.45) is 4.02. The van der Waals surface area contributed by atoms with Gasteiger partial charge in [0.25, 0.3) is 0 Å². The molecule has 0 aliphatic heterocycles. The Hall–Kier alpha value is -1.87. The summed E-state index contributed by atoms with van der Waals surface area (Å²) in [5, 5.41) is 4.30. The second-order valence-electron chi connectivity index (χ2n) is 4.12. The second-order valence-corrected chi connectivity index (χ2v) is 5.03. The van der Waals surface area contributed by atoms with E-state index in [1.807, 2.05) is 61.5 Å². The van der Waals surface area contributed by atoms with Gasteiger partial charge in [0, 0.05) is 4.47 Å². The highest BCUT2D eigenvalue weighted by molar-refractivity contribution is 9.10. The Morgan fingerprint density at radius 3 is 2.42 bits per heavy atom. The topological polar surface area (TPSA) is 24.4 Å². The molecule has 0 fully saturated rings. The number of halogens is 1. The summed E-state index contributed by atoms with van der Waals surface area (Å²) in [7, 11) is 0. The molecule has 0 radical (unpaired) electrons. The van der Waals surface area contributed by atoms with Crippen molar-refractivity contribution in [3.8, 4) is 0 Å². The van der Waals surface area contributed by atoms with E-state index in [0.29, 0.717) is 0 Å². The standard InChI is InChI=1S/C16H15BrN2/c1-13(18-19-16-5-3-2-4-6-16)7-8-14-9-11-15(17)12-10-14/h2-12,19H,1H3/b8-7+,18-13+. The summed E-state index contributed by atoms with van der Waals surface area (Å²) in [5.41, 5.74) is 6.08. The van der Waals surface area contributed by atoms with Gasteiger partial charge in [0.15, 0.2) is 0 Å². The van der Waals surface area contributed by atoms with E-state index >= 15 is 0 Å². The summed E-state index contributed by atoms with van der Waals surface area (Å²) < 4.78 is 1.08. The van der Waals surface area contributed by atoms with Crippen LogP contribution in [0.5, 0.6) is 0 Å². The van der Waals surface area contributed by atoms with Crippen LogP contribution in [0.2, 0.25) is 0 Å². The van der Waals surface area contributed by atoms with Crippen LogP contribution in [0.25, 0.3) is 6.08 Å². The van der Waals surface area contributed by atoms with Crippen molar-refractivity contribution in [1.82, 2.24) is 0 Å². The molecule has 96 valence electrons. The number of hydrazone groups is 1. The lowest BCUT2D eigenvalue weighted by molar-refractivity contribution is 1.33. The van der Waals surface area contributed by atoms with Crippen LogP contribution in [0.1, 0.15) is 12.5 Å². The zero-order valence-corrected chi connectivity index (χ0v) is 12.3. The lowest BCUT2D eigenvalue weighted by Gasteiger charge is -2.00. The number of benzene rings is 2. The monoisotopic (exact) mass is 314 g/mol. The molecule has 2 aromatic rings. The maximum atomic E-state index is 4.30. The molecule has 0 saturated carbocycles. The summed E-state index contributed by atoms with van der Waals surface area (Å²) >= 11 is 3.42. The predicted molar refractivity (Wildman–Crippen MR) is 86.3 cm³/mol. The maximum absolute atomic E-state index is 4.30. The normalized spacial score (nSPS) is 11.8. The van der Waals surface area contributed by atoms with Gasteiger partial charge in [0.2, 0.25) is 0 Å². The molecule has 0 atom stereocenters. The van der Waals surface area contributed by atoms with Gasteiger partial charge in [-0.05, 0) is 42.8 Å². The third-order valence-electron chi connectivity index (χ3n) is 2.52. The summed E-state index contributed by atoms with van der Waals surface area (Å²) in [6.45, 7) is 1.96. The highest BCUT2D eigenvalue weighted by Gasteiger charge is 1.89. The molecular formula is C16H15BrN2. The first-order chi connectivity index (χ1) is 9.24. The Morgan fingerprint density at radius 2 is 1.74 bits per heavy atom. The minimum Gasteiger partial charge on any atom is -0.278 e. The van der Waals surface area contributed by atoms with E-state index in [0.717, 1.165) is 21.4 Å². The van der Waals surface area contributed by atoms with Crippen molar-refractivity contribution in [3.05, 3.63) is 70.7 Å². The van der Waals surface area contributed by atoms with Crippen molar-refractivity contribution in [2.24, 2.45) is 5.10 Å². The first-order valence-corrected chi connectivity index (χ1v) is 6.82. The van der Waals surface area contributed by atoms with Gasteiger partial charge < -0.3 is 0 Å². The van der Waals surface area contributed by atoms with Crippen LogP contribution in [0.15, 0.2) is 70.2 Å². The first-order valence-electron chi connectivity index (χ1n) is 6.03. The molecule has 0 amide bonds. The van der Waals surface area contributed by atoms with Crippen LogP contribution >= 0.6 is 15.9 Å². The molecule has 0 unspecified atom stereocenters. The highest BCUT2D eigenvalue weighted by Crippen LogP contribution is 2.11. The molecule has 3 heteroatoms. The Bertz CT molecular complexity index is 571. The van der Waals surface area contributed by atoms with E-state index in [-0.39, 0.29) is 0 Å². The minimum atomic E-state index is 0.923. The average molecular weight is 315 g/mol. The van der Waals surface area contributed by atoms with Crippen LogP contribution in [-0.4, -0.2) is 5.71 Å². The number of hydrogen-bond acceptors (Lipinski definition) is 2. The van der Waals surface area contributed by atoms with E-state index in [2.05, 4.69) is 38.6 Å². The molecule has 1 N–H and O–H groups in total. The fraction of sp³-hybridized carbons (Fsp3) is 0.0625. The zero-order chi connectivity index (χ0) is 13.5. The number of nitrogens with zero attached hydrogens (tertiary/aromatic N) is 1. The smallest absolute Gasteiger partial charge is 0.0576 e. The van der Waals surface area contributed by atoms with Gasteiger partial charge in [-0.1, -0.05) is 52.3 Å². The fourth-order valence-electron chi connectivity index (χ4n) is 1.49. The zero-order valence-electron chi connectivity index (χ0n) is 10.7. The van der Waals surface area contributed by atoms with Gasteiger partial charge in [-0.3, -0.25) is 5.43 Å². The SMILES string of the molecule is CC(/C=C/c1ccc(Br)cc1)=N\Nc1ccccc1. The molecule has 2 nitrogen and oxygen atoms in total. The van der Waals surface area contributed by atoms with Gasteiger partial charge in [-0.2, -0.15) is 5.10 Å². The number of nitrogens with one attached hydrogen (secondary N) is 1. The van der Waals surface area contributed by atoms with E-state index in [4.69, 9.17) is 0 Å². The third-order valence-corrected chi connectivity index (χ3v) is 3.05. The quantitative estimate of drug-likeness (QED) is 0.626. The summed E-state index contributed by atoms with van der Waals surface area (Å²) in [6, 6.07) is 18.1. The first kappa shape index (κ1) is 13.6. The molecule has 0 heterocycles. The molecule has 2 aromatic carbocycles.